The van der Waals surface area contributed by atoms with Crippen LogP contribution in [0.4, 0.5) is 0 Å². The van der Waals surface area contributed by atoms with Gasteiger partial charge in [0.25, 0.3) is 0 Å². The van der Waals surface area contributed by atoms with Crippen LogP contribution in [0.5, 0.6) is 5.75 Å². The third kappa shape index (κ3) is 4.85. The van der Waals surface area contributed by atoms with Gasteiger partial charge in [-0.1, -0.05) is 36.4 Å². The molecule has 9 heteroatoms. The van der Waals surface area contributed by atoms with Crippen LogP contribution in [-0.4, -0.2) is 53.5 Å². The molecule has 1 saturated carbocycles. The van der Waals surface area contributed by atoms with E-state index in [0.717, 1.165) is 19.8 Å². The number of sulfone groups is 1. The lowest BCUT2D eigenvalue weighted by atomic mass is 9.82. The first-order valence-corrected chi connectivity index (χ1v) is 12.2. The van der Waals surface area contributed by atoms with Crippen molar-refractivity contribution in [1.82, 2.24) is 0 Å². The van der Waals surface area contributed by atoms with E-state index in [4.69, 9.17) is 18.9 Å². The number of carbonyl (C=O) groups is 2. The van der Waals surface area contributed by atoms with Crippen LogP contribution in [0, 0.1) is 5.41 Å². The molecule has 1 unspecified atom stereocenters. The van der Waals surface area contributed by atoms with Gasteiger partial charge in [0, 0.05) is 0 Å². The molecule has 0 N–H and O–H groups in total. The molecular formula is C25H28O8S. The summed E-state index contributed by atoms with van der Waals surface area (Å²) in [7, 11) is -0.00205. The smallest absolute Gasteiger partial charge is 0.327 e. The van der Waals surface area contributed by atoms with E-state index < -0.39 is 32.4 Å². The molecule has 1 aliphatic rings. The fraction of sp³-hybridized carbons (Fsp3) is 0.360. The van der Waals surface area contributed by atoms with Gasteiger partial charge in [-0.25, -0.2) is 8.42 Å². The minimum absolute atomic E-state index is 0.0160. The van der Waals surface area contributed by atoms with Crippen molar-refractivity contribution in [3.63, 3.8) is 0 Å². The molecule has 0 radical (unpaired) electrons. The standard InChI is InChI=1S/C25H28O8S/c1-30-19-11-9-18(10-12-19)17-33-16-14-21-22(34(28,29)20-7-5-4-6-8-20)13-15-25(21,23(26)31-2)24(27)32-3/h4-12,14,22H,13,15-17H2,1-3H3/b21-14+. The van der Waals surface area contributed by atoms with Crippen LogP contribution < -0.4 is 4.74 Å². The molecule has 0 aliphatic heterocycles. The quantitative estimate of drug-likeness (QED) is 0.229. The fourth-order valence-electron chi connectivity index (χ4n) is 4.24. The third-order valence-electron chi connectivity index (χ3n) is 5.98. The lowest BCUT2D eigenvalue weighted by Crippen LogP contribution is -2.42. The Morgan fingerprint density at radius 3 is 2.15 bits per heavy atom. The number of benzene rings is 2. The molecule has 2 aromatic carbocycles. The number of hydrogen-bond acceptors (Lipinski definition) is 8. The molecule has 3 rings (SSSR count). The lowest BCUT2D eigenvalue weighted by Gasteiger charge is -2.26. The van der Waals surface area contributed by atoms with Gasteiger partial charge in [0.15, 0.2) is 15.3 Å². The van der Waals surface area contributed by atoms with Crippen molar-refractivity contribution >= 4 is 21.8 Å². The Morgan fingerprint density at radius 1 is 0.971 bits per heavy atom. The summed E-state index contributed by atoms with van der Waals surface area (Å²) in [6.07, 6.45) is 1.51. The summed E-state index contributed by atoms with van der Waals surface area (Å²) >= 11 is 0. The van der Waals surface area contributed by atoms with Crippen LogP contribution in [0.3, 0.4) is 0 Å². The summed E-state index contributed by atoms with van der Waals surface area (Å²) in [4.78, 5) is 25.8. The molecule has 0 aromatic heterocycles. The van der Waals surface area contributed by atoms with Crippen LogP contribution in [0.2, 0.25) is 0 Å². The average Bonchev–Trinajstić information content (AvgIpc) is 3.27. The molecular weight excluding hydrogens is 460 g/mol. The van der Waals surface area contributed by atoms with Gasteiger partial charge in [0.05, 0.1) is 44.7 Å². The number of methoxy groups -OCH3 is 3. The Balaban J connectivity index is 1.94. The van der Waals surface area contributed by atoms with E-state index in [-0.39, 0.29) is 36.5 Å². The van der Waals surface area contributed by atoms with E-state index in [1.807, 2.05) is 12.1 Å². The zero-order valence-electron chi connectivity index (χ0n) is 19.4. The maximum Gasteiger partial charge on any atom is 0.327 e. The second-order valence-corrected chi connectivity index (χ2v) is 9.93. The molecule has 8 nitrogen and oxygen atoms in total. The number of esters is 2. The average molecular weight is 489 g/mol. The van der Waals surface area contributed by atoms with Crippen molar-refractivity contribution in [3.8, 4) is 5.75 Å². The summed E-state index contributed by atoms with van der Waals surface area (Å²) in [5.74, 6) is -0.996. The molecule has 1 fully saturated rings. The van der Waals surface area contributed by atoms with Crippen molar-refractivity contribution in [2.75, 3.05) is 27.9 Å². The lowest BCUT2D eigenvalue weighted by molar-refractivity contribution is -0.165. The van der Waals surface area contributed by atoms with Crippen molar-refractivity contribution < 1.29 is 37.0 Å². The summed E-state index contributed by atoms with van der Waals surface area (Å²) in [6.45, 7) is 0.227. The first-order chi connectivity index (χ1) is 16.3. The predicted octanol–water partition coefficient (Wildman–Crippen LogP) is 3.11. The van der Waals surface area contributed by atoms with Crippen molar-refractivity contribution in [2.24, 2.45) is 5.41 Å². The molecule has 34 heavy (non-hydrogen) atoms. The molecule has 0 saturated heterocycles. The molecule has 0 amide bonds. The second-order valence-electron chi connectivity index (χ2n) is 7.80. The van der Waals surface area contributed by atoms with Gasteiger partial charge in [0.2, 0.25) is 0 Å². The van der Waals surface area contributed by atoms with Crippen molar-refractivity contribution in [3.05, 3.63) is 71.8 Å². The number of hydrogen-bond donors (Lipinski definition) is 0. The van der Waals surface area contributed by atoms with Gasteiger partial charge >= 0.3 is 11.9 Å². The minimum atomic E-state index is -3.89. The molecule has 0 bridgehead atoms. The summed E-state index contributed by atoms with van der Waals surface area (Å²) in [6, 6.07) is 15.2. The zero-order valence-corrected chi connectivity index (χ0v) is 20.2. The SMILES string of the molecule is COC(=O)C1(C(=O)OC)CCC(S(=O)(=O)c2ccccc2)/C1=C\COCc1ccc(OC)cc1. The first kappa shape index (κ1) is 25.5. The van der Waals surface area contributed by atoms with Crippen LogP contribution in [0.1, 0.15) is 18.4 Å². The Bertz CT molecular complexity index is 1120. The minimum Gasteiger partial charge on any atom is -0.497 e. The van der Waals surface area contributed by atoms with E-state index >= 15 is 0 Å². The normalized spacial score (nSPS) is 18.4. The molecule has 0 spiro atoms. The van der Waals surface area contributed by atoms with Gasteiger partial charge in [-0.05, 0) is 48.2 Å². The highest BCUT2D eigenvalue weighted by Crippen LogP contribution is 2.49. The monoisotopic (exact) mass is 488 g/mol. The fourth-order valence-corrected chi connectivity index (χ4v) is 6.17. The van der Waals surface area contributed by atoms with Gasteiger partial charge in [-0.3, -0.25) is 9.59 Å². The van der Waals surface area contributed by atoms with Crippen molar-refractivity contribution in [1.29, 1.82) is 0 Å². The van der Waals surface area contributed by atoms with Gasteiger partial charge in [-0.15, -0.1) is 0 Å². The Kier molecular flexibility index (Phi) is 8.11. The number of carbonyl (C=O) groups excluding carboxylic acids is 2. The summed E-state index contributed by atoms with van der Waals surface area (Å²) < 4.78 is 47.7. The van der Waals surface area contributed by atoms with E-state index in [1.165, 1.54) is 18.2 Å². The van der Waals surface area contributed by atoms with E-state index in [0.29, 0.717) is 5.75 Å². The predicted molar refractivity (Wildman–Crippen MR) is 124 cm³/mol. The van der Waals surface area contributed by atoms with Gasteiger partial charge in [0.1, 0.15) is 5.75 Å². The highest BCUT2D eigenvalue weighted by Gasteiger charge is 2.60. The van der Waals surface area contributed by atoms with E-state index in [2.05, 4.69) is 0 Å². The first-order valence-electron chi connectivity index (χ1n) is 10.7. The highest BCUT2D eigenvalue weighted by atomic mass is 32.2. The van der Waals surface area contributed by atoms with Crippen LogP contribution in [0.15, 0.2) is 71.1 Å². The molecule has 2 aromatic rings. The largest absolute Gasteiger partial charge is 0.497 e. The molecule has 1 atom stereocenters. The highest BCUT2D eigenvalue weighted by molar-refractivity contribution is 7.92. The summed E-state index contributed by atoms with van der Waals surface area (Å²) in [5, 5.41) is -1.10. The Morgan fingerprint density at radius 2 is 1.59 bits per heavy atom. The zero-order chi connectivity index (χ0) is 24.8. The van der Waals surface area contributed by atoms with Crippen LogP contribution in [0.25, 0.3) is 0 Å². The second kappa shape index (κ2) is 10.8. The van der Waals surface area contributed by atoms with E-state index in [1.54, 1.807) is 37.4 Å². The number of rotatable bonds is 9. The maximum absolute atomic E-state index is 13.5. The van der Waals surface area contributed by atoms with Gasteiger partial charge in [-0.2, -0.15) is 0 Å². The van der Waals surface area contributed by atoms with E-state index in [9.17, 15) is 18.0 Å². The van der Waals surface area contributed by atoms with Crippen LogP contribution in [-0.2, 0) is 40.2 Å². The third-order valence-corrected chi connectivity index (χ3v) is 8.15. The molecule has 182 valence electrons. The molecule has 0 heterocycles. The van der Waals surface area contributed by atoms with Crippen LogP contribution >= 0.6 is 0 Å². The Labute approximate surface area is 199 Å². The Hall–Kier alpha value is -3.17. The summed E-state index contributed by atoms with van der Waals surface area (Å²) in [5.41, 5.74) is -0.851. The van der Waals surface area contributed by atoms with Crippen molar-refractivity contribution in [2.45, 2.75) is 29.6 Å². The maximum atomic E-state index is 13.5. The molecule has 1 aliphatic carbocycles. The number of ether oxygens (including phenoxy) is 4. The topological polar surface area (TPSA) is 105 Å². The van der Waals surface area contributed by atoms with Gasteiger partial charge < -0.3 is 18.9 Å².